The van der Waals surface area contributed by atoms with Gasteiger partial charge in [0.15, 0.2) is 0 Å². The smallest absolute Gasteiger partial charge is 0.309 e. The van der Waals surface area contributed by atoms with E-state index in [1.807, 2.05) is 0 Å². The highest BCUT2D eigenvalue weighted by atomic mass is 16.4. The molecule has 0 aliphatic heterocycles. The highest BCUT2D eigenvalue weighted by molar-refractivity contribution is 5.75. The summed E-state index contributed by atoms with van der Waals surface area (Å²) in [6, 6.07) is 0. The van der Waals surface area contributed by atoms with Crippen LogP contribution in [-0.4, -0.2) is 11.1 Å². The minimum Gasteiger partial charge on any atom is -0.481 e. The Morgan fingerprint density at radius 2 is 1.42 bits per heavy atom. The molecule has 0 bridgehead atoms. The van der Waals surface area contributed by atoms with Gasteiger partial charge in [-0.25, -0.2) is 0 Å². The van der Waals surface area contributed by atoms with E-state index in [9.17, 15) is 9.90 Å². The standard InChI is InChI=1S/C17H30O2/c1-3-13-5-7-15(8-6-13)17(16(18)19)11-9-14(4-2)10-12-17/h13-15H,3-12H2,1-2H3,(H,18,19). The van der Waals surface area contributed by atoms with Crippen LogP contribution in [0.25, 0.3) is 0 Å². The Kier molecular flexibility index (Phi) is 4.92. The molecule has 0 aromatic carbocycles. The maximum Gasteiger partial charge on any atom is 0.309 e. The second-order valence-electron chi connectivity index (χ2n) is 6.94. The molecule has 0 saturated heterocycles. The quantitative estimate of drug-likeness (QED) is 0.788. The van der Waals surface area contributed by atoms with Crippen molar-refractivity contribution in [1.29, 1.82) is 0 Å². The van der Waals surface area contributed by atoms with Gasteiger partial charge < -0.3 is 5.11 Å². The first-order chi connectivity index (χ1) is 9.12. The molecule has 2 fully saturated rings. The Hall–Kier alpha value is -0.530. The van der Waals surface area contributed by atoms with E-state index in [2.05, 4.69) is 13.8 Å². The van der Waals surface area contributed by atoms with Crippen LogP contribution < -0.4 is 0 Å². The van der Waals surface area contributed by atoms with Crippen molar-refractivity contribution in [3.8, 4) is 0 Å². The summed E-state index contributed by atoms with van der Waals surface area (Å²) < 4.78 is 0. The van der Waals surface area contributed by atoms with Crippen LogP contribution in [0.2, 0.25) is 0 Å². The Morgan fingerprint density at radius 3 is 1.84 bits per heavy atom. The van der Waals surface area contributed by atoms with E-state index in [0.29, 0.717) is 5.92 Å². The molecule has 0 aromatic heterocycles. The van der Waals surface area contributed by atoms with Crippen molar-refractivity contribution in [1.82, 2.24) is 0 Å². The summed E-state index contributed by atoms with van der Waals surface area (Å²) in [6.07, 6.45) is 11.4. The zero-order valence-corrected chi connectivity index (χ0v) is 12.7. The summed E-state index contributed by atoms with van der Waals surface area (Å²) in [5.74, 6) is 1.58. The molecule has 0 aromatic rings. The van der Waals surface area contributed by atoms with Crippen LogP contribution >= 0.6 is 0 Å². The van der Waals surface area contributed by atoms with E-state index < -0.39 is 5.97 Å². The molecular formula is C17H30O2. The number of carbonyl (C=O) groups is 1. The molecule has 0 atom stereocenters. The molecule has 0 amide bonds. The number of rotatable bonds is 4. The third-order valence-electron chi connectivity index (χ3n) is 6.21. The number of aliphatic carboxylic acids is 1. The van der Waals surface area contributed by atoms with Gasteiger partial charge in [-0.2, -0.15) is 0 Å². The fourth-order valence-electron chi connectivity index (χ4n) is 4.52. The zero-order valence-electron chi connectivity index (χ0n) is 12.7. The van der Waals surface area contributed by atoms with Gasteiger partial charge in [-0.1, -0.05) is 39.5 Å². The van der Waals surface area contributed by atoms with Crippen LogP contribution in [0.4, 0.5) is 0 Å². The molecule has 0 spiro atoms. The van der Waals surface area contributed by atoms with E-state index in [1.54, 1.807) is 0 Å². The van der Waals surface area contributed by atoms with Crippen LogP contribution in [0.3, 0.4) is 0 Å². The average Bonchev–Trinajstić information content (AvgIpc) is 2.47. The van der Waals surface area contributed by atoms with Crippen LogP contribution in [-0.2, 0) is 4.79 Å². The summed E-state index contributed by atoms with van der Waals surface area (Å²) in [4.78, 5) is 11.9. The number of carboxylic acids is 1. The molecule has 2 heteroatoms. The van der Waals surface area contributed by atoms with Gasteiger partial charge in [0.1, 0.15) is 0 Å². The predicted octanol–water partition coefficient (Wildman–Crippen LogP) is 4.87. The van der Waals surface area contributed by atoms with Crippen molar-refractivity contribution in [2.24, 2.45) is 23.2 Å². The first kappa shape index (κ1) is 14.9. The highest BCUT2D eigenvalue weighted by Crippen LogP contribution is 2.51. The second kappa shape index (κ2) is 6.28. The molecule has 1 N–H and O–H groups in total. The molecule has 2 aliphatic carbocycles. The Labute approximate surface area is 118 Å². The van der Waals surface area contributed by atoms with Crippen molar-refractivity contribution in [3.05, 3.63) is 0 Å². The monoisotopic (exact) mass is 266 g/mol. The van der Waals surface area contributed by atoms with E-state index in [-0.39, 0.29) is 5.41 Å². The predicted molar refractivity (Wildman–Crippen MR) is 78.1 cm³/mol. The average molecular weight is 266 g/mol. The van der Waals surface area contributed by atoms with Crippen LogP contribution in [0.1, 0.15) is 78.1 Å². The lowest BCUT2D eigenvalue weighted by molar-refractivity contribution is -0.157. The summed E-state index contributed by atoms with van der Waals surface area (Å²) in [5, 5.41) is 9.82. The Balaban J connectivity index is 2.03. The van der Waals surface area contributed by atoms with Crippen molar-refractivity contribution in [2.45, 2.75) is 78.1 Å². The summed E-state index contributed by atoms with van der Waals surface area (Å²) in [6.45, 7) is 4.51. The minimum atomic E-state index is -0.498. The van der Waals surface area contributed by atoms with Gasteiger partial charge >= 0.3 is 5.97 Å². The van der Waals surface area contributed by atoms with E-state index in [4.69, 9.17) is 0 Å². The molecule has 2 nitrogen and oxygen atoms in total. The van der Waals surface area contributed by atoms with Gasteiger partial charge in [0.25, 0.3) is 0 Å². The van der Waals surface area contributed by atoms with E-state index in [0.717, 1.165) is 50.4 Å². The topological polar surface area (TPSA) is 37.3 Å². The SMILES string of the molecule is CCC1CCC(C2(C(=O)O)CCC(CC)CC2)CC1. The van der Waals surface area contributed by atoms with Gasteiger partial charge in [0.2, 0.25) is 0 Å². The van der Waals surface area contributed by atoms with Gasteiger partial charge in [0.05, 0.1) is 5.41 Å². The van der Waals surface area contributed by atoms with Gasteiger partial charge in [-0.05, 0) is 56.3 Å². The van der Waals surface area contributed by atoms with Gasteiger partial charge in [0, 0.05) is 0 Å². The molecule has 2 aliphatic rings. The Morgan fingerprint density at radius 1 is 0.947 bits per heavy atom. The van der Waals surface area contributed by atoms with Crippen molar-refractivity contribution >= 4 is 5.97 Å². The summed E-state index contributed by atoms with van der Waals surface area (Å²) in [7, 11) is 0. The third-order valence-corrected chi connectivity index (χ3v) is 6.21. The molecule has 2 rings (SSSR count). The maximum absolute atomic E-state index is 11.9. The fourth-order valence-corrected chi connectivity index (χ4v) is 4.52. The molecule has 0 heterocycles. The molecule has 0 radical (unpaired) electrons. The number of carboxylic acid groups (broad SMARTS) is 1. The van der Waals surface area contributed by atoms with Crippen molar-refractivity contribution < 1.29 is 9.90 Å². The normalized spacial score (nSPS) is 40.0. The van der Waals surface area contributed by atoms with Crippen LogP contribution in [0.15, 0.2) is 0 Å². The van der Waals surface area contributed by atoms with Crippen molar-refractivity contribution in [2.75, 3.05) is 0 Å². The number of hydrogen-bond acceptors (Lipinski definition) is 1. The third kappa shape index (κ3) is 2.98. The minimum absolute atomic E-state index is 0.371. The molecule has 19 heavy (non-hydrogen) atoms. The lowest BCUT2D eigenvalue weighted by Gasteiger charge is -2.45. The first-order valence-corrected chi connectivity index (χ1v) is 8.35. The summed E-state index contributed by atoms with van der Waals surface area (Å²) >= 11 is 0. The Bertz CT molecular complexity index is 294. The second-order valence-corrected chi connectivity index (χ2v) is 6.94. The van der Waals surface area contributed by atoms with Gasteiger partial charge in [-0.15, -0.1) is 0 Å². The molecule has 2 saturated carbocycles. The molecule has 0 unspecified atom stereocenters. The highest BCUT2D eigenvalue weighted by Gasteiger charge is 2.48. The molecule has 110 valence electrons. The van der Waals surface area contributed by atoms with E-state index in [1.165, 1.54) is 25.7 Å². The summed E-state index contributed by atoms with van der Waals surface area (Å²) in [5.41, 5.74) is -0.371. The van der Waals surface area contributed by atoms with Crippen molar-refractivity contribution in [3.63, 3.8) is 0 Å². The first-order valence-electron chi connectivity index (χ1n) is 8.35. The zero-order chi connectivity index (χ0) is 13.9. The van der Waals surface area contributed by atoms with Crippen LogP contribution in [0.5, 0.6) is 0 Å². The largest absolute Gasteiger partial charge is 0.481 e. The van der Waals surface area contributed by atoms with E-state index >= 15 is 0 Å². The maximum atomic E-state index is 11.9. The molecular weight excluding hydrogens is 236 g/mol. The lowest BCUT2D eigenvalue weighted by Crippen LogP contribution is -2.43. The lowest BCUT2D eigenvalue weighted by atomic mass is 9.59. The van der Waals surface area contributed by atoms with Crippen LogP contribution in [0, 0.1) is 23.2 Å². The van der Waals surface area contributed by atoms with Gasteiger partial charge in [-0.3, -0.25) is 4.79 Å². The number of hydrogen-bond donors (Lipinski definition) is 1. The fraction of sp³-hybridized carbons (Fsp3) is 0.941.